The minimum absolute atomic E-state index is 0.0672. The lowest BCUT2D eigenvalue weighted by molar-refractivity contribution is -0.140. The number of amides is 1. The zero-order valence-corrected chi connectivity index (χ0v) is 16.3. The van der Waals surface area contributed by atoms with Crippen molar-refractivity contribution in [2.45, 2.75) is 45.1 Å². The van der Waals surface area contributed by atoms with E-state index in [0.29, 0.717) is 32.8 Å². The Bertz CT molecular complexity index is 668. The van der Waals surface area contributed by atoms with Crippen molar-refractivity contribution in [1.82, 2.24) is 5.32 Å². The second-order valence-corrected chi connectivity index (χ2v) is 7.48. The molecule has 1 saturated heterocycles. The van der Waals surface area contributed by atoms with Crippen LogP contribution in [-0.2, 0) is 19.1 Å². The van der Waals surface area contributed by atoms with Crippen LogP contribution in [0.2, 0.25) is 0 Å². The summed E-state index contributed by atoms with van der Waals surface area (Å²) < 4.78 is 10.6. The molecule has 27 heavy (non-hydrogen) atoms. The first kappa shape index (κ1) is 19.8. The second-order valence-electron chi connectivity index (χ2n) is 7.48. The van der Waals surface area contributed by atoms with Gasteiger partial charge in [-0.15, -0.1) is 0 Å². The summed E-state index contributed by atoms with van der Waals surface area (Å²) in [7, 11) is 1.67. The maximum atomic E-state index is 13.0. The third-order valence-corrected chi connectivity index (χ3v) is 5.55. The number of nitrogens with one attached hydrogen (secondary N) is 1. The second kappa shape index (κ2) is 9.33. The fourth-order valence-electron chi connectivity index (χ4n) is 3.92. The molecule has 0 aliphatic carbocycles. The molecule has 1 aromatic carbocycles. The minimum Gasteiger partial charge on any atom is -0.392 e. The van der Waals surface area contributed by atoms with Gasteiger partial charge in [-0.1, -0.05) is 29.4 Å². The highest BCUT2D eigenvalue weighted by Gasteiger charge is 2.43. The summed E-state index contributed by atoms with van der Waals surface area (Å²) in [5.74, 6) is 0.106. The summed E-state index contributed by atoms with van der Waals surface area (Å²) in [4.78, 5) is 18.7. The van der Waals surface area contributed by atoms with Crippen LogP contribution in [-0.4, -0.2) is 51.2 Å². The average molecular weight is 374 g/mol. The Balaban J connectivity index is 1.62. The van der Waals surface area contributed by atoms with Crippen LogP contribution >= 0.6 is 0 Å². The number of ether oxygens (including phenoxy) is 2. The van der Waals surface area contributed by atoms with Crippen LogP contribution in [0.1, 0.15) is 43.2 Å². The number of hydrogen-bond acceptors (Lipinski definition) is 5. The highest BCUT2D eigenvalue weighted by atomic mass is 16.6. The smallest absolute Gasteiger partial charge is 0.226 e. The van der Waals surface area contributed by atoms with E-state index in [-0.39, 0.29) is 12.0 Å². The zero-order chi connectivity index (χ0) is 19.1. The average Bonchev–Trinajstić information content (AvgIpc) is 3.14. The Hall–Kier alpha value is -1.92. The fourth-order valence-corrected chi connectivity index (χ4v) is 3.92. The molecule has 2 aliphatic heterocycles. The standard InChI is InChI=1S/C21H30N2O4/c1-16-6-3-4-7-18(16)19-14-17(27-23-19)15-21(8-12-26-13-9-21)20(24)22-10-5-11-25-2/h3-4,6-7,17H,5,8-15H2,1-2H3,(H,22,24)/t17-/m1/s1. The molecule has 1 aromatic rings. The van der Waals surface area contributed by atoms with Gasteiger partial charge in [-0.2, -0.15) is 0 Å². The number of benzene rings is 1. The van der Waals surface area contributed by atoms with Crippen molar-refractivity contribution in [3.05, 3.63) is 35.4 Å². The van der Waals surface area contributed by atoms with Gasteiger partial charge in [-0.05, 0) is 31.7 Å². The Morgan fingerprint density at radius 3 is 2.85 bits per heavy atom. The van der Waals surface area contributed by atoms with Crippen molar-refractivity contribution in [1.29, 1.82) is 0 Å². The number of methoxy groups -OCH3 is 1. The van der Waals surface area contributed by atoms with Gasteiger partial charge in [0.25, 0.3) is 0 Å². The van der Waals surface area contributed by atoms with Crippen molar-refractivity contribution in [3.63, 3.8) is 0 Å². The Morgan fingerprint density at radius 2 is 2.11 bits per heavy atom. The van der Waals surface area contributed by atoms with E-state index in [2.05, 4.69) is 29.5 Å². The molecule has 1 fully saturated rings. The zero-order valence-electron chi connectivity index (χ0n) is 16.3. The van der Waals surface area contributed by atoms with E-state index in [9.17, 15) is 4.79 Å². The molecule has 0 saturated carbocycles. The summed E-state index contributed by atoms with van der Waals surface area (Å²) in [6.07, 6.45) is 3.61. The molecule has 0 bridgehead atoms. The molecule has 0 aromatic heterocycles. The molecule has 6 heteroatoms. The molecule has 148 valence electrons. The quantitative estimate of drug-likeness (QED) is 0.711. The topological polar surface area (TPSA) is 69.2 Å². The number of nitrogens with zero attached hydrogens (tertiary/aromatic N) is 1. The molecule has 2 heterocycles. The van der Waals surface area contributed by atoms with Crippen molar-refractivity contribution in [2.75, 3.05) is 33.5 Å². The lowest BCUT2D eigenvalue weighted by Gasteiger charge is -2.37. The molecular formula is C21H30N2O4. The highest BCUT2D eigenvalue weighted by molar-refractivity contribution is 6.02. The van der Waals surface area contributed by atoms with Gasteiger partial charge >= 0.3 is 0 Å². The first-order chi connectivity index (χ1) is 13.1. The van der Waals surface area contributed by atoms with E-state index in [1.807, 2.05) is 12.1 Å². The lowest BCUT2D eigenvalue weighted by Crippen LogP contribution is -2.47. The first-order valence-electron chi connectivity index (χ1n) is 9.78. The van der Waals surface area contributed by atoms with Crippen LogP contribution in [0.15, 0.2) is 29.4 Å². The van der Waals surface area contributed by atoms with Crippen molar-refractivity contribution in [3.8, 4) is 0 Å². The van der Waals surface area contributed by atoms with E-state index < -0.39 is 5.41 Å². The predicted molar refractivity (Wildman–Crippen MR) is 104 cm³/mol. The number of carbonyl (C=O) groups excluding carboxylic acids is 1. The van der Waals surface area contributed by atoms with Crippen LogP contribution in [0.4, 0.5) is 0 Å². The Morgan fingerprint density at radius 1 is 1.33 bits per heavy atom. The molecule has 0 unspecified atom stereocenters. The van der Waals surface area contributed by atoms with Crippen molar-refractivity contribution < 1.29 is 19.1 Å². The number of oxime groups is 1. The van der Waals surface area contributed by atoms with E-state index in [1.54, 1.807) is 7.11 Å². The third kappa shape index (κ3) is 4.87. The largest absolute Gasteiger partial charge is 0.392 e. The van der Waals surface area contributed by atoms with Gasteiger partial charge in [0, 0.05) is 51.9 Å². The van der Waals surface area contributed by atoms with E-state index in [0.717, 1.165) is 37.0 Å². The van der Waals surface area contributed by atoms with Gasteiger partial charge in [0.15, 0.2) is 0 Å². The Kier molecular flexibility index (Phi) is 6.85. The van der Waals surface area contributed by atoms with Gasteiger partial charge in [0.1, 0.15) is 6.10 Å². The SMILES string of the molecule is COCCCNC(=O)C1(C[C@H]2CC(c3ccccc3C)=NO2)CCOCC1. The van der Waals surface area contributed by atoms with E-state index in [1.165, 1.54) is 5.56 Å². The summed E-state index contributed by atoms with van der Waals surface area (Å²) in [5, 5.41) is 7.41. The van der Waals surface area contributed by atoms with Gasteiger partial charge in [0.05, 0.1) is 11.1 Å². The van der Waals surface area contributed by atoms with Gasteiger partial charge in [-0.25, -0.2) is 0 Å². The Labute approximate surface area is 161 Å². The number of carbonyl (C=O) groups is 1. The monoisotopic (exact) mass is 374 g/mol. The molecule has 2 aliphatic rings. The van der Waals surface area contributed by atoms with E-state index in [4.69, 9.17) is 14.3 Å². The molecule has 6 nitrogen and oxygen atoms in total. The third-order valence-electron chi connectivity index (χ3n) is 5.55. The predicted octanol–water partition coefficient (Wildman–Crippen LogP) is 2.83. The van der Waals surface area contributed by atoms with Gasteiger partial charge in [0.2, 0.25) is 5.91 Å². The van der Waals surface area contributed by atoms with Gasteiger partial charge in [-0.3, -0.25) is 4.79 Å². The minimum atomic E-state index is -0.438. The molecule has 0 radical (unpaired) electrons. The molecule has 1 atom stereocenters. The molecule has 1 N–H and O–H groups in total. The molecule has 0 spiro atoms. The molecular weight excluding hydrogens is 344 g/mol. The summed E-state index contributed by atoms with van der Waals surface area (Å²) in [6, 6.07) is 8.20. The van der Waals surface area contributed by atoms with Crippen LogP contribution in [0.25, 0.3) is 0 Å². The van der Waals surface area contributed by atoms with Crippen LogP contribution < -0.4 is 5.32 Å². The van der Waals surface area contributed by atoms with Crippen molar-refractivity contribution >= 4 is 11.6 Å². The molecule has 1 amide bonds. The number of aryl methyl sites for hydroxylation is 1. The van der Waals surface area contributed by atoms with Crippen molar-refractivity contribution in [2.24, 2.45) is 10.6 Å². The van der Waals surface area contributed by atoms with E-state index >= 15 is 0 Å². The normalized spacial score (nSPS) is 21.4. The fraction of sp³-hybridized carbons (Fsp3) is 0.619. The summed E-state index contributed by atoms with van der Waals surface area (Å²) >= 11 is 0. The maximum Gasteiger partial charge on any atom is 0.226 e. The summed E-state index contributed by atoms with van der Waals surface area (Å²) in [5.41, 5.74) is 2.86. The first-order valence-corrected chi connectivity index (χ1v) is 9.78. The highest BCUT2D eigenvalue weighted by Crippen LogP contribution is 2.38. The van der Waals surface area contributed by atoms with Gasteiger partial charge < -0.3 is 19.6 Å². The van der Waals surface area contributed by atoms with Crippen LogP contribution in [0.5, 0.6) is 0 Å². The molecule has 3 rings (SSSR count). The number of hydrogen-bond donors (Lipinski definition) is 1. The number of rotatable bonds is 8. The van der Waals surface area contributed by atoms with Crippen LogP contribution in [0, 0.1) is 12.3 Å². The summed E-state index contributed by atoms with van der Waals surface area (Å²) in [6.45, 7) is 4.59. The lowest BCUT2D eigenvalue weighted by atomic mass is 9.74. The maximum absolute atomic E-state index is 13.0. The van der Waals surface area contributed by atoms with Crippen LogP contribution in [0.3, 0.4) is 0 Å².